The molecule has 1 N–H and O–H groups in total. The maximum atomic E-state index is 12.7. The van der Waals surface area contributed by atoms with Gasteiger partial charge < -0.3 is 15.0 Å². The molecule has 8 heteroatoms. The number of hydrogen-bond donors (Lipinski definition) is 1. The minimum absolute atomic E-state index is 0.0402. The lowest BCUT2D eigenvalue weighted by molar-refractivity contribution is -0.117. The van der Waals surface area contributed by atoms with E-state index < -0.39 is 0 Å². The van der Waals surface area contributed by atoms with Crippen molar-refractivity contribution in [2.75, 3.05) is 50.1 Å². The summed E-state index contributed by atoms with van der Waals surface area (Å²) in [7, 11) is 3.43. The highest BCUT2D eigenvalue weighted by Crippen LogP contribution is 2.36. The summed E-state index contributed by atoms with van der Waals surface area (Å²) < 4.78 is 7.18. The van der Waals surface area contributed by atoms with Gasteiger partial charge in [-0.1, -0.05) is 29.8 Å². The van der Waals surface area contributed by atoms with Gasteiger partial charge in [0.1, 0.15) is 5.75 Å². The van der Waals surface area contributed by atoms with Gasteiger partial charge in [-0.3, -0.25) is 14.4 Å². The Morgan fingerprint density at radius 3 is 2.56 bits per heavy atom. The fourth-order valence-electron chi connectivity index (χ4n) is 4.15. The van der Waals surface area contributed by atoms with Crippen molar-refractivity contribution in [1.82, 2.24) is 14.7 Å². The van der Waals surface area contributed by atoms with Gasteiger partial charge in [0.2, 0.25) is 5.91 Å². The predicted octanol–water partition coefficient (Wildman–Crippen LogP) is 3.82. The number of nitrogens with zero attached hydrogens (tertiary/aromatic N) is 4. The lowest BCUT2D eigenvalue weighted by atomic mass is 10.1. The number of halogens is 1. The molecule has 1 aliphatic rings. The second kappa shape index (κ2) is 9.63. The number of anilines is 2. The number of ether oxygens (including phenoxy) is 1. The van der Waals surface area contributed by atoms with E-state index in [1.165, 1.54) is 11.3 Å². The normalized spacial score (nSPS) is 14.4. The van der Waals surface area contributed by atoms with E-state index in [1.807, 2.05) is 25.2 Å². The Labute approximate surface area is 193 Å². The van der Waals surface area contributed by atoms with Crippen LogP contribution in [0.5, 0.6) is 5.75 Å². The van der Waals surface area contributed by atoms with Crippen molar-refractivity contribution in [2.45, 2.75) is 6.92 Å². The average molecular weight is 454 g/mol. The first-order valence-electron chi connectivity index (χ1n) is 10.6. The fourth-order valence-corrected chi connectivity index (χ4v) is 4.42. The summed E-state index contributed by atoms with van der Waals surface area (Å²) in [4.78, 5) is 17.3. The van der Waals surface area contributed by atoms with Crippen molar-refractivity contribution in [3.05, 3.63) is 59.2 Å². The second-order valence-electron chi connectivity index (χ2n) is 7.98. The molecule has 2 aromatic carbocycles. The third-order valence-electron chi connectivity index (χ3n) is 5.83. The van der Waals surface area contributed by atoms with E-state index >= 15 is 0 Å². The number of aryl methyl sites for hydroxylation is 2. The first kappa shape index (κ1) is 22.2. The summed E-state index contributed by atoms with van der Waals surface area (Å²) in [5.41, 5.74) is 4.77. The molecule has 1 fully saturated rings. The van der Waals surface area contributed by atoms with Gasteiger partial charge in [-0.05, 0) is 36.8 Å². The number of nitrogens with one attached hydrogen (secondary N) is 1. The predicted molar refractivity (Wildman–Crippen MR) is 129 cm³/mol. The summed E-state index contributed by atoms with van der Waals surface area (Å²) in [6.45, 7) is 6.00. The minimum atomic E-state index is -0.0402. The topological polar surface area (TPSA) is 62.6 Å². The van der Waals surface area contributed by atoms with E-state index in [1.54, 1.807) is 18.0 Å². The zero-order valence-corrected chi connectivity index (χ0v) is 19.4. The summed E-state index contributed by atoms with van der Waals surface area (Å²) >= 11 is 6.32. The zero-order chi connectivity index (χ0) is 22.7. The number of piperazine rings is 1. The number of hydrogen-bond acceptors (Lipinski definition) is 5. The van der Waals surface area contributed by atoms with Crippen LogP contribution in [-0.2, 0) is 11.8 Å². The number of carbonyl (C=O) groups excluding carboxylic acids is 1. The lowest BCUT2D eigenvalue weighted by Crippen LogP contribution is -2.48. The summed E-state index contributed by atoms with van der Waals surface area (Å²) in [6.07, 6.45) is 1.60. The highest BCUT2D eigenvalue weighted by molar-refractivity contribution is 6.33. The Morgan fingerprint density at radius 2 is 1.91 bits per heavy atom. The Kier molecular flexibility index (Phi) is 6.67. The zero-order valence-electron chi connectivity index (χ0n) is 18.6. The van der Waals surface area contributed by atoms with Gasteiger partial charge in [-0.15, -0.1) is 0 Å². The van der Waals surface area contributed by atoms with E-state index in [-0.39, 0.29) is 5.91 Å². The van der Waals surface area contributed by atoms with E-state index in [2.05, 4.69) is 51.4 Å². The molecule has 4 rings (SSSR count). The second-order valence-corrected chi connectivity index (χ2v) is 8.38. The van der Waals surface area contributed by atoms with Crippen LogP contribution in [-0.4, -0.2) is 60.4 Å². The van der Waals surface area contributed by atoms with Gasteiger partial charge in [-0.2, -0.15) is 5.10 Å². The van der Waals surface area contributed by atoms with Crippen molar-refractivity contribution < 1.29 is 9.53 Å². The maximum absolute atomic E-state index is 12.7. The molecular weight excluding hydrogens is 426 g/mol. The number of benzene rings is 2. The molecule has 168 valence electrons. The smallest absolute Gasteiger partial charge is 0.238 e. The molecule has 0 saturated carbocycles. The Hall–Kier alpha value is -3.03. The molecule has 0 aliphatic carbocycles. The average Bonchev–Trinajstić information content (AvgIpc) is 3.12. The van der Waals surface area contributed by atoms with Crippen LogP contribution in [0.15, 0.2) is 48.7 Å². The van der Waals surface area contributed by atoms with E-state index in [9.17, 15) is 4.79 Å². The first-order chi connectivity index (χ1) is 15.5. The van der Waals surface area contributed by atoms with Crippen molar-refractivity contribution >= 4 is 28.9 Å². The molecule has 0 radical (unpaired) electrons. The molecule has 0 bridgehead atoms. The number of carbonyl (C=O) groups is 1. The highest BCUT2D eigenvalue weighted by atomic mass is 35.5. The van der Waals surface area contributed by atoms with Crippen LogP contribution in [0.25, 0.3) is 11.3 Å². The number of rotatable bonds is 6. The van der Waals surface area contributed by atoms with E-state index in [0.29, 0.717) is 23.0 Å². The third kappa shape index (κ3) is 4.74. The number of aromatic nitrogens is 2. The van der Waals surface area contributed by atoms with Gasteiger partial charge in [0, 0.05) is 50.2 Å². The van der Waals surface area contributed by atoms with Crippen LogP contribution in [0.1, 0.15) is 5.56 Å². The molecule has 1 saturated heterocycles. The molecule has 0 spiro atoms. The number of methoxy groups -OCH3 is 1. The third-order valence-corrected chi connectivity index (χ3v) is 6.10. The van der Waals surface area contributed by atoms with E-state index in [0.717, 1.165) is 37.4 Å². The van der Waals surface area contributed by atoms with Crippen molar-refractivity contribution in [3.63, 3.8) is 0 Å². The van der Waals surface area contributed by atoms with Crippen molar-refractivity contribution in [1.29, 1.82) is 0 Å². The van der Waals surface area contributed by atoms with E-state index in [4.69, 9.17) is 16.3 Å². The van der Waals surface area contributed by atoms with Crippen LogP contribution in [0.4, 0.5) is 11.4 Å². The molecule has 32 heavy (non-hydrogen) atoms. The SMILES string of the molecule is COc1ccc(NC(=O)CN2CCN(c3ccccc3C)CC2)cc1-c1c(Cl)cnn1C. The van der Waals surface area contributed by atoms with Gasteiger partial charge in [-0.25, -0.2) is 0 Å². The van der Waals surface area contributed by atoms with Gasteiger partial charge in [0.15, 0.2) is 0 Å². The van der Waals surface area contributed by atoms with Crippen LogP contribution < -0.4 is 15.0 Å². The van der Waals surface area contributed by atoms with Crippen molar-refractivity contribution in [2.24, 2.45) is 7.05 Å². The quantitative estimate of drug-likeness (QED) is 0.614. The molecule has 1 aromatic heterocycles. The van der Waals surface area contributed by atoms with Crippen LogP contribution in [0.2, 0.25) is 5.02 Å². The Bertz CT molecular complexity index is 1090. The number of amides is 1. The van der Waals surface area contributed by atoms with Gasteiger partial charge >= 0.3 is 0 Å². The standard InChI is InChI=1S/C24H28ClN5O2/c1-17-6-4-5-7-21(17)30-12-10-29(11-13-30)16-23(31)27-18-8-9-22(32-3)19(14-18)24-20(25)15-26-28(24)2/h4-9,14-15H,10-13,16H2,1-3H3,(H,27,31). The fraction of sp³-hybridized carbons (Fsp3) is 0.333. The number of para-hydroxylation sites is 1. The summed E-state index contributed by atoms with van der Waals surface area (Å²) in [5.74, 6) is 0.627. The molecule has 1 aliphatic heterocycles. The lowest BCUT2D eigenvalue weighted by Gasteiger charge is -2.36. The molecule has 0 unspecified atom stereocenters. The minimum Gasteiger partial charge on any atom is -0.496 e. The molecule has 0 atom stereocenters. The van der Waals surface area contributed by atoms with Crippen LogP contribution in [0.3, 0.4) is 0 Å². The monoisotopic (exact) mass is 453 g/mol. The first-order valence-corrected chi connectivity index (χ1v) is 11.0. The molecule has 7 nitrogen and oxygen atoms in total. The highest BCUT2D eigenvalue weighted by Gasteiger charge is 2.21. The van der Waals surface area contributed by atoms with Crippen LogP contribution in [0, 0.1) is 6.92 Å². The molecule has 2 heterocycles. The van der Waals surface area contributed by atoms with Gasteiger partial charge in [0.25, 0.3) is 0 Å². The summed E-state index contributed by atoms with van der Waals surface area (Å²) in [6, 6.07) is 14.0. The largest absolute Gasteiger partial charge is 0.496 e. The van der Waals surface area contributed by atoms with Crippen LogP contribution >= 0.6 is 11.6 Å². The summed E-state index contributed by atoms with van der Waals surface area (Å²) in [5, 5.41) is 7.74. The molecular formula is C24H28ClN5O2. The molecule has 3 aromatic rings. The Balaban J connectivity index is 1.39. The van der Waals surface area contributed by atoms with Gasteiger partial charge in [0.05, 0.1) is 30.6 Å². The maximum Gasteiger partial charge on any atom is 0.238 e. The molecule has 1 amide bonds. The van der Waals surface area contributed by atoms with Crippen molar-refractivity contribution in [3.8, 4) is 17.0 Å². The Morgan fingerprint density at radius 1 is 1.16 bits per heavy atom.